The largest absolute Gasteiger partial charge is 0.469 e. The van der Waals surface area contributed by atoms with Crippen LogP contribution in [0.1, 0.15) is 66.7 Å². The van der Waals surface area contributed by atoms with E-state index < -0.39 is 45.9 Å². The fraction of sp³-hybridized carbons (Fsp3) is 0.778. The predicted molar refractivity (Wildman–Crippen MR) is 125 cm³/mol. The highest BCUT2D eigenvalue weighted by molar-refractivity contribution is 6.10. The smallest absolute Gasteiger partial charge is 0.345 e. The molecule has 8 heteroatoms. The van der Waals surface area contributed by atoms with Crippen LogP contribution in [0.15, 0.2) is 12.2 Å². The average Bonchev–Trinajstić information content (AvgIpc) is 3.14. The van der Waals surface area contributed by atoms with Crippen molar-refractivity contribution in [1.82, 2.24) is 0 Å². The molecule has 2 heterocycles. The van der Waals surface area contributed by atoms with Crippen LogP contribution in [0.2, 0.25) is 0 Å². The Balaban J connectivity index is 1.86. The van der Waals surface area contributed by atoms with Gasteiger partial charge in [-0.3, -0.25) is 14.4 Å². The SMILES string of the molecule is C=C(C)[C@H]1CC[C@@]2(C)[C@@H](C[C@@]3(C)C(=O)[C@@](C)(C(=O)OC)O[C@H]4OC(=O)[C@@H]2[C@H]43)[C@]1(C)CCC(=O)OC. The van der Waals surface area contributed by atoms with Crippen molar-refractivity contribution in [3.8, 4) is 0 Å². The van der Waals surface area contributed by atoms with Crippen molar-refractivity contribution < 1.29 is 38.1 Å². The van der Waals surface area contributed by atoms with Crippen LogP contribution in [0.3, 0.4) is 0 Å². The number of ketones is 1. The lowest BCUT2D eigenvalue weighted by molar-refractivity contribution is -0.261. The number of ether oxygens (including phenoxy) is 4. The molecule has 9 atom stereocenters. The van der Waals surface area contributed by atoms with Crippen molar-refractivity contribution in [2.75, 3.05) is 14.2 Å². The summed E-state index contributed by atoms with van der Waals surface area (Å²) in [6.07, 6.45) is 1.84. The first kappa shape index (κ1) is 25.9. The third kappa shape index (κ3) is 3.35. The molecule has 35 heavy (non-hydrogen) atoms. The van der Waals surface area contributed by atoms with Gasteiger partial charge in [-0.05, 0) is 62.2 Å². The van der Waals surface area contributed by atoms with E-state index in [0.717, 1.165) is 18.4 Å². The Morgan fingerprint density at radius 3 is 2.34 bits per heavy atom. The standard InChI is InChI=1S/C27H38O8/c1-14(2)15-9-11-25(4)16(24(15,3)12-10-17(28)32-7)13-26(5)19-18(25)20(29)34-21(19)35-27(6,22(26)30)23(31)33-8/h15-16,18-19,21H,1,9-13H2,2-8H3/t15-,16+,18+,19-,21-,24-,25+,26-,27+/m1/s1. The molecule has 2 saturated carbocycles. The fourth-order valence-corrected chi connectivity index (χ4v) is 8.41. The van der Waals surface area contributed by atoms with Gasteiger partial charge < -0.3 is 18.9 Å². The zero-order valence-electron chi connectivity index (χ0n) is 21.9. The lowest BCUT2D eigenvalue weighted by Crippen LogP contribution is -2.69. The van der Waals surface area contributed by atoms with Gasteiger partial charge in [0.25, 0.3) is 0 Å². The minimum atomic E-state index is -1.86. The molecule has 0 spiro atoms. The molecule has 0 aromatic carbocycles. The normalized spacial score (nSPS) is 46.2. The number of Topliss-reactive ketones (excluding diaryl/α,β-unsaturated/α-hetero) is 1. The summed E-state index contributed by atoms with van der Waals surface area (Å²) in [7, 11) is 2.59. The van der Waals surface area contributed by atoms with E-state index >= 15 is 0 Å². The summed E-state index contributed by atoms with van der Waals surface area (Å²) in [5.74, 6) is -2.89. The number of carbonyl (C=O) groups is 4. The molecule has 4 aliphatic rings. The summed E-state index contributed by atoms with van der Waals surface area (Å²) in [5.41, 5.74) is -2.76. The molecule has 4 rings (SSSR count). The Kier molecular flexibility index (Phi) is 6.02. The van der Waals surface area contributed by atoms with E-state index in [4.69, 9.17) is 18.9 Å². The van der Waals surface area contributed by atoms with Crippen molar-refractivity contribution in [2.24, 2.45) is 39.9 Å². The number of hydrogen-bond donors (Lipinski definition) is 0. The van der Waals surface area contributed by atoms with Gasteiger partial charge in [0, 0.05) is 17.8 Å². The van der Waals surface area contributed by atoms with E-state index in [2.05, 4.69) is 20.4 Å². The lowest BCUT2D eigenvalue weighted by atomic mass is 9.38. The minimum Gasteiger partial charge on any atom is -0.469 e. The Morgan fingerprint density at radius 1 is 1.11 bits per heavy atom. The number of rotatable bonds is 5. The summed E-state index contributed by atoms with van der Waals surface area (Å²) in [6.45, 7) is 13.8. The summed E-state index contributed by atoms with van der Waals surface area (Å²) in [5, 5.41) is 0. The van der Waals surface area contributed by atoms with Gasteiger partial charge >= 0.3 is 17.9 Å². The number of esters is 3. The Morgan fingerprint density at radius 2 is 1.77 bits per heavy atom. The zero-order valence-corrected chi connectivity index (χ0v) is 21.9. The predicted octanol–water partition coefficient (Wildman–Crippen LogP) is 3.61. The number of fused-ring (bicyclic) bond motifs is 2. The first-order valence-corrected chi connectivity index (χ1v) is 12.4. The van der Waals surface area contributed by atoms with E-state index in [-0.39, 0.29) is 36.0 Å². The van der Waals surface area contributed by atoms with E-state index in [1.807, 2.05) is 13.8 Å². The van der Waals surface area contributed by atoms with Crippen LogP contribution >= 0.6 is 0 Å². The number of allylic oxidation sites excluding steroid dienone is 1. The molecule has 4 fully saturated rings. The van der Waals surface area contributed by atoms with Crippen LogP contribution in [0, 0.1) is 39.9 Å². The van der Waals surface area contributed by atoms with Gasteiger partial charge in [-0.1, -0.05) is 32.9 Å². The first-order valence-electron chi connectivity index (χ1n) is 12.4. The molecular weight excluding hydrogens is 452 g/mol. The van der Waals surface area contributed by atoms with Crippen LogP contribution in [-0.2, 0) is 38.1 Å². The maximum Gasteiger partial charge on any atom is 0.345 e. The lowest BCUT2D eigenvalue weighted by Gasteiger charge is -2.65. The summed E-state index contributed by atoms with van der Waals surface area (Å²) in [6, 6.07) is 0. The van der Waals surface area contributed by atoms with E-state index in [0.29, 0.717) is 12.8 Å². The van der Waals surface area contributed by atoms with Crippen LogP contribution in [0.4, 0.5) is 0 Å². The molecule has 2 aliphatic heterocycles. The molecule has 8 nitrogen and oxygen atoms in total. The highest BCUT2D eigenvalue weighted by atomic mass is 16.7. The molecule has 0 radical (unpaired) electrons. The maximum atomic E-state index is 14.1. The Bertz CT molecular complexity index is 988. The number of hydrogen-bond acceptors (Lipinski definition) is 8. The van der Waals surface area contributed by atoms with Gasteiger partial charge in [0.15, 0.2) is 5.78 Å². The average molecular weight is 491 g/mol. The quantitative estimate of drug-likeness (QED) is 0.249. The van der Waals surface area contributed by atoms with Crippen LogP contribution in [-0.4, -0.2) is 49.8 Å². The van der Waals surface area contributed by atoms with Crippen molar-refractivity contribution in [2.45, 2.75) is 78.6 Å². The van der Waals surface area contributed by atoms with Crippen LogP contribution < -0.4 is 0 Å². The van der Waals surface area contributed by atoms with Crippen molar-refractivity contribution in [1.29, 1.82) is 0 Å². The second kappa shape index (κ2) is 8.15. The third-order valence-electron chi connectivity index (χ3n) is 10.1. The molecule has 0 N–H and O–H groups in total. The van der Waals surface area contributed by atoms with Gasteiger partial charge in [0.2, 0.25) is 11.9 Å². The molecule has 0 bridgehead atoms. The Labute approximate surface area is 207 Å². The van der Waals surface area contributed by atoms with Gasteiger partial charge in [-0.25, -0.2) is 4.79 Å². The fourth-order valence-electron chi connectivity index (χ4n) is 8.41. The zero-order chi connectivity index (χ0) is 26.1. The number of methoxy groups -OCH3 is 2. The van der Waals surface area contributed by atoms with Crippen LogP contribution in [0.5, 0.6) is 0 Å². The molecular formula is C27H38O8. The monoisotopic (exact) mass is 490 g/mol. The molecule has 2 saturated heterocycles. The van der Waals surface area contributed by atoms with Crippen LogP contribution in [0.25, 0.3) is 0 Å². The highest BCUT2D eigenvalue weighted by Crippen LogP contribution is 2.72. The summed E-state index contributed by atoms with van der Waals surface area (Å²) >= 11 is 0. The molecule has 0 aromatic heterocycles. The molecule has 0 amide bonds. The Hall–Kier alpha value is -2.22. The highest BCUT2D eigenvalue weighted by Gasteiger charge is 2.76. The van der Waals surface area contributed by atoms with E-state index in [1.54, 1.807) is 0 Å². The molecule has 2 aliphatic carbocycles. The van der Waals surface area contributed by atoms with Gasteiger partial charge in [-0.15, -0.1) is 0 Å². The van der Waals surface area contributed by atoms with Crippen molar-refractivity contribution in [3.05, 3.63) is 12.2 Å². The summed E-state index contributed by atoms with van der Waals surface area (Å²) < 4.78 is 21.5. The van der Waals surface area contributed by atoms with Gasteiger partial charge in [0.05, 0.1) is 20.1 Å². The second-order valence-corrected chi connectivity index (χ2v) is 12.0. The summed E-state index contributed by atoms with van der Waals surface area (Å²) in [4.78, 5) is 52.4. The first-order chi connectivity index (χ1) is 16.2. The number of carbonyl (C=O) groups excluding carboxylic acids is 4. The van der Waals surface area contributed by atoms with Gasteiger partial charge in [0.1, 0.15) is 0 Å². The maximum absolute atomic E-state index is 14.1. The van der Waals surface area contributed by atoms with Crippen molar-refractivity contribution >= 4 is 23.7 Å². The topological polar surface area (TPSA) is 105 Å². The molecule has 194 valence electrons. The second-order valence-electron chi connectivity index (χ2n) is 12.0. The van der Waals surface area contributed by atoms with E-state index in [1.165, 1.54) is 21.1 Å². The third-order valence-corrected chi connectivity index (χ3v) is 10.1. The van der Waals surface area contributed by atoms with E-state index in [9.17, 15) is 19.2 Å². The van der Waals surface area contributed by atoms with Crippen molar-refractivity contribution in [3.63, 3.8) is 0 Å². The molecule has 0 unspecified atom stereocenters. The minimum absolute atomic E-state index is 0.100. The van der Waals surface area contributed by atoms with Gasteiger partial charge in [-0.2, -0.15) is 0 Å². The molecule has 0 aromatic rings.